The van der Waals surface area contributed by atoms with Crippen LogP contribution in [0.25, 0.3) is 0 Å². The van der Waals surface area contributed by atoms with Gasteiger partial charge in [-0.3, -0.25) is 4.90 Å². The zero-order valence-electron chi connectivity index (χ0n) is 11.0. The van der Waals surface area contributed by atoms with E-state index in [-0.39, 0.29) is 5.54 Å². The molecule has 3 nitrogen and oxygen atoms in total. The fraction of sp³-hybridized carbons (Fsp3) is 1.00. The summed E-state index contributed by atoms with van der Waals surface area (Å²) in [5.74, 6) is 0. The Morgan fingerprint density at radius 1 is 1.12 bits per heavy atom. The summed E-state index contributed by atoms with van der Waals surface area (Å²) in [5.41, 5.74) is 6.57. The number of rotatable bonds is 4. The third-order valence-electron chi connectivity index (χ3n) is 4.88. The lowest BCUT2D eigenvalue weighted by Gasteiger charge is -2.34. The van der Waals surface area contributed by atoms with Crippen molar-refractivity contribution in [2.24, 2.45) is 5.73 Å². The molecule has 0 aromatic carbocycles. The molecule has 2 saturated carbocycles. The minimum Gasteiger partial charge on any atom is -0.324 e. The Morgan fingerprint density at radius 3 is 2.59 bits per heavy atom. The van der Waals surface area contributed by atoms with E-state index in [0.29, 0.717) is 6.04 Å². The third kappa shape index (κ3) is 3.01. The predicted octanol–water partition coefficient (Wildman–Crippen LogP) is 1.47. The van der Waals surface area contributed by atoms with Gasteiger partial charge in [0.25, 0.3) is 0 Å². The molecule has 0 bridgehead atoms. The van der Waals surface area contributed by atoms with E-state index in [9.17, 15) is 0 Å². The van der Waals surface area contributed by atoms with Gasteiger partial charge in [-0.05, 0) is 32.1 Å². The van der Waals surface area contributed by atoms with Crippen molar-refractivity contribution in [2.75, 3.05) is 19.6 Å². The van der Waals surface area contributed by atoms with Gasteiger partial charge in [0, 0.05) is 37.3 Å². The van der Waals surface area contributed by atoms with Crippen molar-refractivity contribution in [1.29, 1.82) is 0 Å². The standard InChI is InChI=1S/C14H27N3/c15-14(7-2-1-3-8-14)11-16-12-6-9-17(10-12)13-4-5-13/h12-13,16H,1-11,15H2. The second-order valence-corrected chi connectivity index (χ2v) is 6.52. The molecular formula is C14H27N3. The maximum atomic E-state index is 6.47. The third-order valence-corrected chi connectivity index (χ3v) is 4.88. The normalized spacial score (nSPS) is 34.1. The Morgan fingerprint density at radius 2 is 1.88 bits per heavy atom. The smallest absolute Gasteiger partial charge is 0.0280 e. The molecule has 3 aliphatic rings. The lowest BCUT2D eigenvalue weighted by molar-refractivity contribution is 0.267. The maximum absolute atomic E-state index is 6.47. The van der Waals surface area contributed by atoms with Crippen LogP contribution in [0.4, 0.5) is 0 Å². The fourth-order valence-corrected chi connectivity index (χ4v) is 3.51. The summed E-state index contributed by atoms with van der Waals surface area (Å²) >= 11 is 0. The molecule has 1 atom stereocenters. The molecule has 0 aromatic heterocycles. The Kier molecular flexibility index (Phi) is 3.42. The van der Waals surface area contributed by atoms with E-state index in [1.54, 1.807) is 0 Å². The van der Waals surface area contributed by atoms with Crippen LogP contribution in [0.15, 0.2) is 0 Å². The minimum atomic E-state index is 0.102. The van der Waals surface area contributed by atoms with Crippen molar-refractivity contribution < 1.29 is 0 Å². The molecule has 1 unspecified atom stereocenters. The summed E-state index contributed by atoms with van der Waals surface area (Å²) in [7, 11) is 0. The molecule has 17 heavy (non-hydrogen) atoms. The van der Waals surface area contributed by atoms with Crippen LogP contribution in [0.1, 0.15) is 51.4 Å². The Labute approximate surface area is 105 Å². The maximum Gasteiger partial charge on any atom is 0.0280 e. The van der Waals surface area contributed by atoms with Crippen LogP contribution in [-0.4, -0.2) is 42.2 Å². The van der Waals surface area contributed by atoms with Crippen molar-refractivity contribution >= 4 is 0 Å². The SMILES string of the molecule is NC1(CNC2CCN(C3CC3)C2)CCCCC1. The van der Waals surface area contributed by atoms with Crippen molar-refractivity contribution in [3.05, 3.63) is 0 Å². The van der Waals surface area contributed by atoms with Crippen LogP contribution in [0.5, 0.6) is 0 Å². The molecule has 3 N–H and O–H groups in total. The topological polar surface area (TPSA) is 41.3 Å². The first kappa shape index (κ1) is 11.9. The lowest BCUT2D eigenvalue weighted by Crippen LogP contribution is -2.52. The zero-order valence-corrected chi connectivity index (χ0v) is 11.0. The van der Waals surface area contributed by atoms with Gasteiger partial charge < -0.3 is 11.1 Å². The highest BCUT2D eigenvalue weighted by molar-refractivity contribution is 4.95. The van der Waals surface area contributed by atoms with Crippen LogP contribution >= 0.6 is 0 Å². The van der Waals surface area contributed by atoms with Gasteiger partial charge in [0.05, 0.1) is 0 Å². The second kappa shape index (κ2) is 4.87. The van der Waals surface area contributed by atoms with Crippen molar-refractivity contribution in [3.8, 4) is 0 Å². The van der Waals surface area contributed by atoms with E-state index in [4.69, 9.17) is 5.73 Å². The Balaban J connectivity index is 1.41. The Hall–Kier alpha value is -0.120. The van der Waals surface area contributed by atoms with Crippen LogP contribution in [0.2, 0.25) is 0 Å². The molecule has 1 heterocycles. The first-order valence-electron chi connectivity index (χ1n) is 7.52. The number of hydrogen-bond donors (Lipinski definition) is 2. The molecule has 0 amide bonds. The summed E-state index contributed by atoms with van der Waals surface area (Å²) in [6.45, 7) is 3.61. The van der Waals surface area contributed by atoms with Gasteiger partial charge in [-0.15, -0.1) is 0 Å². The number of nitrogens with two attached hydrogens (primary N) is 1. The largest absolute Gasteiger partial charge is 0.324 e. The van der Waals surface area contributed by atoms with Gasteiger partial charge in [0.2, 0.25) is 0 Å². The first-order chi connectivity index (χ1) is 8.25. The molecule has 3 heteroatoms. The van der Waals surface area contributed by atoms with Crippen molar-refractivity contribution in [2.45, 2.75) is 69.0 Å². The Bertz CT molecular complexity index is 256. The number of nitrogens with one attached hydrogen (secondary N) is 1. The van der Waals surface area contributed by atoms with Crippen LogP contribution < -0.4 is 11.1 Å². The highest BCUT2D eigenvalue weighted by atomic mass is 15.2. The molecule has 1 aliphatic heterocycles. The van der Waals surface area contributed by atoms with Crippen molar-refractivity contribution in [3.63, 3.8) is 0 Å². The molecule has 98 valence electrons. The van der Waals surface area contributed by atoms with Gasteiger partial charge in [0.15, 0.2) is 0 Å². The molecule has 0 spiro atoms. The average Bonchev–Trinajstić information content (AvgIpc) is 3.07. The van der Waals surface area contributed by atoms with Crippen molar-refractivity contribution in [1.82, 2.24) is 10.2 Å². The zero-order chi connectivity index (χ0) is 11.7. The summed E-state index contributed by atoms with van der Waals surface area (Å²) in [6, 6.07) is 1.64. The molecule has 1 saturated heterocycles. The van der Waals surface area contributed by atoms with Crippen LogP contribution in [0, 0.1) is 0 Å². The summed E-state index contributed by atoms with van der Waals surface area (Å²) in [4.78, 5) is 2.67. The number of likely N-dealkylation sites (tertiary alicyclic amines) is 1. The van der Waals surface area contributed by atoms with Gasteiger partial charge in [0.1, 0.15) is 0 Å². The molecule has 2 aliphatic carbocycles. The van der Waals surface area contributed by atoms with Crippen LogP contribution in [-0.2, 0) is 0 Å². The highest BCUT2D eigenvalue weighted by Crippen LogP contribution is 2.30. The number of nitrogens with zero attached hydrogens (tertiary/aromatic N) is 1. The molecule has 0 radical (unpaired) electrons. The van der Waals surface area contributed by atoms with Gasteiger partial charge in [-0.2, -0.15) is 0 Å². The minimum absolute atomic E-state index is 0.102. The van der Waals surface area contributed by atoms with E-state index in [1.807, 2.05) is 0 Å². The van der Waals surface area contributed by atoms with Crippen LogP contribution in [0.3, 0.4) is 0 Å². The molecular weight excluding hydrogens is 210 g/mol. The van der Waals surface area contributed by atoms with Gasteiger partial charge >= 0.3 is 0 Å². The van der Waals surface area contributed by atoms with Gasteiger partial charge in [-0.1, -0.05) is 19.3 Å². The second-order valence-electron chi connectivity index (χ2n) is 6.52. The van der Waals surface area contributed by atoms with E-state index in [0.717, 1.165) is 12.6 Å². The predicted molar refractivity (Wildman–Crippen MR) is 71.0 cm³/mol. The number of hydrogen-bond acceptors (Lipinski definition) is 3. The van der Waals surface area contributed by atoms with Gasteiger partial charge in [-0.25, -0.2) is 0 Å². The molecule has 3 fully saturated rings. The fourth-order valence-electron chi connectivity index (χ4n) is 3.51. The van der Waals surface area contributed by atoms with E-state index in [1.165, 1.54) is 64.5 Å². The summed E-state index contributed by atoms with van der Waals surface area (Å²) in [6.07, 6.45) is 10.7. The first-order valence-corrected chi connectivity index (χ1v) is 7.52. The van der Waals surface area contributed by atoms with E-state index >= 15 is 0 Å². The highest BCUT2D eigenvalue weighted by Gasteiger charge is 2.35. The molecule has 0 aromatic rings. The lowest BCUT2D eigenvalue weighted by atomic mass is 9.82. The summed E-state index contributed by atoms with van der Waals surface area (Å²) < 4.78 is 0. The quantitative estimate of drug-likeness (QED) is 0.778. The summed E-state index contributed by atoms with van der Waals surface area (Å²) in [5, 5.41) is 3.74. The van der Waals surface area contributed by atoms with E-state index in [2.05, 4.69) is 10.2 Å². The molecule has 3 rings (SSSR count). The monoisotopic (exact) mass is 237 g/mol. The van der Waals surface area contributed by atoms with E-state index < -0.39 is 0 Å². The average molecular weight is 237 g/mol.